The molecule has 0 aliphatic carbocycles. The second kappa shape index (κ2) is 8.26. The summed E-state index contributed by atoms with van der Waals surface area (Å²) in [6.07, 6.45) is -0.942. The summed E-state index contributed by atoms with van der Waals surface area (Å²) < 4.78 is 0. The number of carboxylic acid groups (broad SMARTS) is 1. The van der Waals surface area contributed by atoms with Gasteiger partial charge >= 0.3 is 6.09 Å². The molecule has 1 aromatic rings. The molecular weight excluding hydrogens is 286 g/mol. The minimum absolute atomic E-state index is 0.0453. The lowest BCUT2D eigenvalue weighted by Crippen LogP contribution is -2.51. The van der Waals surface area contributed by atoms with Crippen LogP contribution in [0.1, 0.15) is 0 Å². The van der Waals surface area contributed by atoms with Crippen molar-refractivity contribution in [2.75, 3.05) is 45.5 Å². The first-order valence-corrected chi connectivity index (χ1v) is 8.20. The maximum atomic E-state index is 11.0. The van der Waals surface area contributed by atoms with Crippen LogP contribution in [0, 0.1) is 0 Å². The second-order valence-electron chi connectivity index (χ2n) is 5.37. The van der Waals surface area contributed by atoms with Gasteiger partial charge in [-0.15, -0.1) is 11.8 Å². The average Bonchev–Trinajstić information content (AvgIpc) is 2.48. The maximum Gasteiger partial charge on any atom is 0.404 e. The second-order valence-corrected chi connectivity index (χ2v) is 6.47. The minimum Gasteiger partial charge on any atom is -0.465 e. The number of piperazine rings is 1. The van der Waals surface area contributed by atoms with E-state index in [2.05, 4.69) is 34.3 Å². The molecule has 0 spiro atoms. The topological polar surface area (TPSA) is 55.8 Å². The van der Waals surface area contributed by atoms with E-state index in [0.29, 0.717) is 0 Å². The molecule has 1 amide bonds. The lowest BCUT2D eigenvalue weighted by atomic mass is 10.2. The monoisotopic (exact) mass is 309 g/mol. The van der Waals surface area contributed by atoms with Crippen LogP contribution in [0.4, 0.5) is 4.79 Å². The van der Waals surface area contributed by atoms with Gasteiger partial charge in [0, 0.05) is 43.4 Å². The van der Waals surface area contributed by atoms with Gasteiger partial charge in [0.05, 0.1) is 6.04 Å². The van der Waals surface area contributed by atoms with E-state index in [4.69, 9.17) is 5.11 Å². The Balaban J connectivity index is 1.84. The Hall–Kier alpha value is -1.24. The molecule has 1 aliphatic rings. The number of hydrogen-bond acceptors (Lipinski definition) is 4. The van der Waals surface area contributed by atoms with Gasteiger partial charge in [-0.1, -0.05) is 18.2 Å². The molecule has 0 unspecified atom stereocenters. The van der Waals surface area contributed by atoms with Crippen molar-refractivity contribution in [3.05, 3.63) is 30.3 Å². The van der Waals surface area contributed by atoms with Gasteiger partial charge in [0.2, 0.25) is 0 Å². The van der Waals surface area contributed by atoms with Crippen LogP contribution in [0.3, 0.4) is 0 Å². The predicted molar refractivity (Wildman–Crippen MR) is 86.1 cm³/mol. The SMILES string of the molecule is CN1CCN(C[C@H](CSc2ccccc2)NC(=O)O)CC1. The normalized spacial score (nSPS) is 18.3. The number of thioether (sulfide) groups is 1. The van der Waals surface area contributed by atoms with Crippen molar-refractivity contribution in [1.29, 1.82) is 0 Å². The summed E-state index contributed by atoms with van der Waals surface area (Å²) in [5.41, 5.74) is 0. The molecule has 6 heteroatoms. The molecule has 1 aromatic carbocycles. The minimum atomic E-state index is -0.942. The van der Waals surface area contributed by atoms with Crippen LogP contribution in [-0.2, 0) is 0 Å². The zero-order valence-corrected chi connectivity index (χ0v) is 13.2. The number of benzene rings is 1. The Morgan fingerprint density at radius 1 is 1.29 bits per heavy atom. The third-order valence-electron chi connectivity index (χ3n) is 3.60. The van der Waals surface area contributed by atoms with Crippen LogP contribution >= 0.6 is 11.8 Å². The molecule has 1 heterocycles. The highest BCUT2D eigenvalue weighted by Gasteiger charge is 2.19. The first kappa shape index (κ1) is 16.1. The third-order valence-corrected chi connectivity index (χ3v) is 4.77. The smallest absolute Gasteiger partial charge is 0.404 e. The lowest BCUT2D eigenvalue weighted by Gasteiger charge is -2.34. The van der Waals surface area contributed by atoms with E-state index < -0.39 is 6.09 Å². The number of carbonyl (C=O) groups is 1. The Kier molecular flexibility index (Phi) is 6.35. The van der Waals surface area contributed by atoms with Crippen LogP contribution < -0.4 is 5.32 Å². The first-order valence-electron chi connectivity index (χ1n) is 7.21. The van der Waals surface area contributed by atoms with Gasteiger partial charge in [-0.2, -0.15) is 0 Å². The molecule has 2 rings (SSSR count). The van der Waals surface area contributed by atoms with Crippen LogP contribution in [0.15, 0.2) is 35.2 Å². The van der Waals surface area contributed by atoms with Gasteiger partial charge in [0.15, 0.2) is 0 Å². The van der Waals surface area contributed by atoms with Crippen molar-refractivity contribution in [3.63, 3.8) is 0 Å². The van der Waals surface area contributed by atoms with Crippen molar-refractivity contribution in [2.45, 2.75) is 10.9 Å². The summed E-state index contributed by atoms with van der Waals surface area (Å²) in [4.78, 5) is 16.8. The standard InChI is InChI=1S/C15H23N3O2S/c1-17-7-9-18(10-8-17)11-13(16-15(19)20)12-21-14-5-3-2-4-6-14/h2-6,13,16H,7-12H2,1H3,(H,19,20)/t13-/m1/s1. The Morgan fingerprint density at radius 3 is 2.57 bits per heavy atom. The largest absolute Gasteiger partial charge is 0.465 e. The summed E-state index contributed by atoms with van der Waals surface area (Å²) in [7, 11) is 2.12. The van der Waals surface area contributed by atoms with E-state index in [-0.39, 0.29) is 6.04 Å². The van der Waals surface area contributed by atoms with E-state index >= 15 is 0 Å². The van der Waals surface area contributed by atoms with Crippen molar-refractivity contribution < 1.29 is 9.90 Å². The summed E-state index contributed by atoms with van der Waals surface area (Å²) in [6, 6.07) is 10.1. The number of amides is 1. The van der Waals surface area contributed by atoms with Crippen molar-refractivity contribution in [1.82, 2.24) is 15.1 Å². The van der Waals surface area contributed by atoms with Gasteiger partial charge in [-0.3, -0.25) is 4.90 Å². The number of rotatable bonds is 6. The number of nitrogens with one attached hydrogen (secondary N) is 1. The van der Waals surface area contributed by atoms with Crippen molar-refractivity contribution in [3.8, 4) is 0 Å². The molecular formula is C15H23N3O2S. The van der Waals surface area contributed by atoms with Gasteiger partial charge in [-0.25, -0.2) is 4.79 Å². The third kappa shape index (κ3) is 5.95. The number of hydrogen-bond donors (Lipinski definition) is 2. The Bertz CT molecular complexity index is 436. The highest BCUT2D eigenvalue weighted by Crippen LogP contribution is 2.18. The molecule has 116 valence electrons. The maximum absolute atomic E-state index is 11.0. The molecule has 0 bridgehead atoms. The van der Waals surface area contributed by atoms with Gasteiger partial charge in [0.1, 0.15) is 0 Å². The highest BCUT2D eigenvalue weighted by atomic mass is 32.2. The number of likely N-dealkylation sites (N-methyl/N-ethyl adjacent to an activating group) is 1. The average molecular weight is 309 g/mol. The Morgan fingerprint density at radius 2 is 1.95 bits per heavy atom. The zero-order valence-electron chi connectivity index (χ0n) is 12.4. The van der Waals surface area contributed by atoms with Gasteiger partial charge in [-0.05, 0) is 19.2 Å². The summed E-state index contributed by atoms with van der Waals surface area (Å²) in [5, 5.41) is 11.7. The number of nitrogens with zero attached hydrogens (tertiary/aromatic N) is 2. The van der Waals surface area contributed by atoms with E-state index in [1.165, 1.54) is 4.90 Å². The molecule has 1 saturated heterocycles. The summed E-state index contributed by atoms with van der Waals surface area (Å²) in [5.74, 6) is 0.753. The molecule has 1 atom stereocenters. The fraction of sp³-hybridized carbons (Fsp3) is 0.533. The first-order chi connectivity index (χ1) is 10.1. The molecule has 1 fully saturated rings. The van der Waals surface area contributed by atoms with E-state index in [9.17, 15) is 4.79 Å². The predicted octanol–water partition coefficient (Wildman–Crippen LogP) is 1.66. The summed E-state index contributed by atoms with van der Waals surface area (Å²) >= 11 is 1.70. The van der Waals surface area contributed by atoms with Crippen LogP contribution in [0.25, 0.3) is 0 Å². The zero-order chi connectivity index (χ0) is 15.1. The Labute approximate surface area is 130 Å². The fourth-order valence-corrected chi connectivity index (χ4v) is 3.30. The van der Waals surface area contributed by atoms with Gasteiger partial charge in [0.25, 0.3) is 0 Å². The molecule has 5 nitrogen and oxygen atoms in total. The molecule has 0 saturated carbocycles. The summed E-state index contributed by atoms with van der Waals surface area (Å²) in [6.45, 7) is 4.88. The van der Waals surface area contributed by atoms with Crippen LogP contribution in [0.2, 0.25) is 0 Å². The molecule has 21 heavy (non-hydrogen) atoms. The van der Waals surface area contributed by atoms with Crippen molar-refractivity contribution in [2.24, 2.45) is 0 Å². The highest BCUT2D eigenvalue weighted by molar-refractivity contribution is 7.99. The lowest BCUT2D eigenvalue weighted by molar-refractivity contribution is 0.141. The molecule has 0 radical (unpaired) electrons. The van der Waals surface area contributed by atoms with E-state index in [0.717, 1.165) is 38.5 Å². The van der Waals surface area contributed by atoms with Gasteiger partial charge < -0.3 is 15.3 Å². The fourth-order valence-electron chi connectivity index (χ4n) is 2.37. The molecule has 2 N–H and O–H groups in total. The molecule has 1 aliphatic heterocycles. The van der Waals surface area contributed by atoms with E-state index in [1.807, 2.05) is 18.2 Å². The van der Waals surface area contributed by atoms with Crippen LogP contribution in [-0.4, -0.2) is 72.6 Å². The van der Waals surface area contributed by atoms with E-state index in [1.54, 1.807) is 11.8 Å². The van der Waals surface area contributed by atoms with Crippen molar-refractivity contribution >= 4 is 17.9 Å². The quantitative estimate of drug-likeness (QED) is 0.783. The van der Waals surface area contributed by atoms with Crippen LogP contribution in [0.5, 0.6) is 0 Å². The molecule has 0 aromatic heterocycles.